The Morgan fingerprint density at radius 1 is 0.581 bits per heavy atom. The van der Waals surface area contributed by atoms with E-state index in [0.717, 1.165) is 12.1 Å². The highest BCUT2D eigenvalue weighted by atomic mass is 19.4. The Bertz CT molecular complexity index is 1200. The molecule has 0 aliphatic heterocycles. The zero-order chi connectivity index (χ0) is 22.2. The normalized spacial score (nSPS) is 12.2. The van der Waals surface area contributed by atoms with E-state index in [1.54, 1.807) is 22.7 Å². The molecule has 4 aromatic rings. The van der Waals surface area contributed by atoms with Gasteiger partial charge in [0.1, 0.15) is 11.5 Å². The number of benzene rings is 2. The fourth-order valence-corrected chi connectivity index (χ4v) is 2.91. The first-order valence-corrected chi connectivity index (χ1v) is 8.65. The van der Waals surface area contributed by atoms with Crippen LogP contribution < -0.4 is 9.47 Å². The van der Waals surface area contributed by atoms with Crippen molar-refractivity contribution in [3.8, 4) is 34.0 Å². The van der Waals surface area contributed by atoms with Gasteiger partial charge in [-0.05, 0) is 59.7 Å². The van der Waals surface area contributed by atoms with E-state index in [2.05, 4.69) is 19.7 Å². The first-order valence-electron chi connectivity index (χ1n) is 8.65. The Labute approximate surface area is 170 Å². The number of rotatable bonds is 4. The Hall–Kier alpha value is -3.76. The van der Waals surface area contributed by atoms with E-state index in [-0.39, 0.29) is 11.5 Å². The lowest BCUT2D eigenvalue weighted by molar-refractivity contribution is -0.275. The van der Waals surface area contributed by atoms with Gasteiger partial charge in [-0.3, -0.25) is 4.40 Å². The second-order valence-electron chi connectivity index (χ2n) is 6.31. The summed E-state index contributed by atoms with van der Waals surface area (Å²) in [7, 11) is 0. The van der Waals surface area contributed by atoms with Crippen LogP contribution in [0.15, 0.2) is 66.9 Å². The van der Waals surface area contributed by atoms with Crippen molar-refractivity contribution in [2.24, 2.45) is 0 Å². The third kappa shape index (κ3) is 4.87. The third-order valence-electron chi connectivity index (χ3n) is 4.17. The molecule has 2 aromatic heterocycles. The molecule has 5 nitrogen and oxygen atoms in total. The predicted octanol–water partition coefficient (Wildman–Crippen LogP) is 5.86. The molecule has 0 radical (unpaired) electrons. The molecule has 0 amide bonds. The molecule has 0 saturated heterocycles. The minimum absolute atomic E-state index is 0.344. The second-order valence-corrected chi connectivity index (χ2v) is 6.31. The minimum Gasteiger partial charge on any atom is -0.406 e. The molecule has 0 spiro atoms. The van der Waals surface area contributed by atoms with Crippen LogP contribution in [0.5, 0.6) is 11.5 Å². The van der Waals surface area contributed by atoms with Crippen LogP contribution in [0.2, 0.25) is 0 Å². The number of hydrogen-bond acceptors (Lipinski definition) is 4. The highest BCUT2D eigenvalue weighted by molar-refractivity contribution is 5.68. The van der Waals surface area contributed by atoms with Crippen LogP contribution in [-0.2, 0) is 0 Å². The van der Waals surface area contributed by atoms with E-state index < -0.39 is 12.7 Å². The number of aromatic nitrogens is 3. The van der Waals surface area contributed by atoms with Gasteiger partial charge in [-0.1, -0.05) is 12.1 Å². The number of pyridine rings is 1. The van der Waals surface area contributed by atoms with Gasteiger partial charge >= 0.3 is 12.7 Å². The molecule has 11 heteroatoms. The molecule has 0 unspecified atom stereocenters. The lowest BCUT2D eigenvalue weighted by atomic mass is 10.1. The van der Waals surface area contributed by atoms with Gasteiger partial charge in [0.2, 0.25) is 0 Å². The smallest absolute Gasteiger partial charge is 0.406 e. The van der Waals surface area contributed by atoms with Crippen LogP contribution in [0.3, 0.4) is 0 Å². The molecular weight excluding hydrogens is 428 g/mol. The Kier molecular flexibility index (Phi) is 4.96. The highest BCUT2D eigenvalue weighted by Crippen LogP contribution is 2.29. The molecule has 0 aliphatic rings. The fraction of sp³-hybridized carbons (Fsp3) is 0.100. The topological polar surface area (TPSA) is 48.7 Å². The number of alkyl halides is 6. The third-order valence-corrected chi connectivity index (χ3v) is 4.17. The van der Waals surface area contributed by atoms with E-state index in [9.17, 15) is 26.3 Å². The average molecular weight is 439 g/mol. The molecule has 2 aromatic carbocycles. The van der Waals surface area contributed by atoms with Crippen LogP contribution in [0.25, 0.3) is 28.2 Å². The number of halogens is 6. The van der Waals surface area contributed by atoms with Crippen LogP contribution in [0.1, 0.15) is 0 Å². The predicted molar refractivity (Wildman–Crippen MR) is 97.2 cm³/mol. The van der Waals surface area contributed by atoms with Gasteiger partial charge in [0.15, 0.2) is 11.5 Å². The molecule has 31 heavy (non-hydrogen) atoms. The molecular formula is C20H11F6N3O2. The summed E-state index contributed by atoms with van der Waals surface area (Å²) in [6, 6.07) is 13.8. The molecule has 0 aliphatic carbocycles. The van der Waals surface area contributed by atoms with Crippen molar-refractivity contribution in [3.63, 3.8) is 0 Å². The zero-order valence-electron chi connectivity index (χ0n) is 15.3. The molecule has 0 N–H and O–H groups in total. The summed E-state index contributed by atoms with van der Waals surface area (Å²) in [5, 5.41) is 8.09. The number of fused-ring (bicyclic) bond motifs is 1. The molecule has 0 saturated carbocycles. The van der Waals surface area contributed by atoms with Crippen LogP contribution in [-0.4, -0.2) is 27.3 Å². The average Bonchev–Trinajstić information content (AvgIpc) is 3.10. The van der Waals surface area contributed by atoms with Gasteiger partial charge in [-0.2, -0.15) is 0 Å². The summed E-state index contributed by atoms with van der Waals surface area (Å²) in [6.45, 7) is 0. The first kappa shape index (κ1) is 20.5. The number of ether oxygens (including phenoxy) is 2. The lowest BCUT2D eigenvalue weighted by Gasteiger charge is -2.10. The zero-order valence-corrected chi connectivity index (χ0v) is 15.3. The minimum atomic E-state index is -4.79. The maximum absolute atomic E-state index is 12.3. The van der Waals surface area contributed by atoms with Gasteiger partial charge < -0.3 is 9.47 Å². The first-order chi connectivity index (χ1) is 14.6. The monoisotopic (exact) mass is 439 g/mol. The van der Waals surface area contributed by atoms with E-state index in [1.807, 2.05) is 0 Å². The van der Waals surface area contributed by atoms with Crippen LogP contribution in [0.4, 0.5) is 26.3 Å². The molecule has 4 rings (SSSR count). The number of hydrogen-bond donors (Lipinski definition) is 0. The van der Waals surface area contributed by atoms with E-state index in [1.165, 1.54) is 36.4 Å². The van der Waals surface area contributed by atoms with Crippen molar-refractivity contribution in [2.75, 3.05) is 0 Å². The fourth-order valence-electron chi connectivity index (χ4n) is 2.91. The van der Waals surface area contributed by atoms with Gasteiger partial charge in [0, 0.05) is 11.8 Å². The largest absolute Gasteiger partial charge is 0.573 e. The van der Waals surface area contributed by atoms with Crippen molar-refractivity contribution < 1.29 is 35.8 Å². The summed E-state index contributed by atoms with van der Waals surface area (Å²) in [6.07, 6.45) is -7.90. The quantitative estimate of drug-likeness (QED) is 0.374. The van der Waals surface area contributed by atoms with Crippen molar-refractivity contribution in [1.29, 1.82) is 0 Å². The van der Waals surface area contributed by atoms with E-state index >= 15 is 0 Å². The summed E-state index contributed by atoms with van der Waals surface area (Å²) in [5.74, 6) is -0.345. The Morgan fingerprint density at radius 2 is 1.06 bits per heavy atom. The Balaban J connectivity index is 1.64. The molecule has 160 valence electrons. The SMILES string of the molecule is FC(F)(F)Oc1ccc(-c2ccc3nnc(-c4ccc(OC(F)(F)F)cc4)n3c2)cc1. The summed E-state index contributed by atoms with van der Waals surface area (Å²) in [5.41, 5.74) is 2.24. The molecule has 0 bridgehead atoms. The maximum atomic E-state index is 12.3. The van der Waals surface area contributed by atoms with E-state index in [4.69, 9.17) is 0 Å². The van der Waals surface area contributed by atoms with Crippen molar-refractivity contribution in [2.45, 2.75) is 12.7 Å². The maximum Gasteiger partial charge on any atom is 0.573 e. The van der Waals surface area contributed by atoms with Crippen molar-refractivity contribution >= 4 is 5.65 Å². The van der Waals surface area contributed by atoms with Gasteiger partial charge in [0.25, 0.3) is 0 Å². The van der Waals surface area contributed by atoms with Gasteiger partial charge in [-0.25, -0.2) is 0 Å². The number of nitrogens with zero attached hydrogens (tertiary/aromatic N) is 3. The highest BCUT2D eigenvalue weighted by Gasteiger charge is 2.31. The van der Waals surface area contributed by atoms with Crippen LogP contribution in [0, 0.1) is 0 Å². The van der Waals surface area contributed by atoms with Crippen molar-refractivity contribution in [1.82, 2.24) is 14.6 Å². The standard InChI is InChI=1S/C20H11F6N3O2/c21-19(22,23)30-15-6-1-12(2-7-15)14-5-10-17-27-28-18(29(17)11-14)13-3-8-16(9-4-13)31-20(24,25)26/h1-11H. The van der Waals surface area contributed by atoms with Crippen molar-refractivity contribution in [3.05, 3.63) is 66.9 Å². The molecule has 0 fully saturated rings. The summed E-state index contributed by atoms with van der Waals surface area (Å²) >= 11 is 0. The second kappa shape index (κ2) is 7.49. The molecule has 0 atom stereocenters. The molecule has 2 heterocycles. The lowest BCUT2D eigenvalue weighted by Crippen LogP contribution is -2.17. The van der Waals surface area contributed by atoms with Gasteiger partial charge in [-0.15, -0.1) is 36.5 Å². The van der Waals surface area contributed by atoms with E-state index in [0.29, 0.717) is 28.2 Å². The summed E-state index contributed by atoms with van der Waals surface area (Å²) in [4.78, 5) is 0. The summed E-state index contributed by atoms with van der Waals surface area (Å²) < 4.78 is 83.2. The van der Waals surface area contributed by atoms with Gasteiger partial charge in [0.05, 0.1) is 0 Å². The van der Waals surface area contributed by atoms with Crippen LogP contribution >= 0.6 is 0 Å². The Morgan fingerprint density at radius 3 is 1.58 bits per heavy atom.